The van der Waals surface area contributed by atoms with E-state index in [1.807, 2.05) is 27.7 Å². The smallest absolute Gasteiger partial charge is 0.320 e. The Morgan fingerprint density at radius 3 is 2.29 bits per heavy atom. The van der Waals surface area contributed by atoms with Gasteiger partial charge in [-0.2, -0.15) is 0 Å². The van der Waals surface area contributed by atoms with Gasteiger partial charge in [0.15, 0.2) is 0 Å². The van der Waals surface area contributed by atoms with Crippen molar-refractivity contribution in [2.75, 3.05) is 0 Å². The molecule has 0 spiro atoms. The van der Waals surface area contributed by atoms with Crippen molar-refractivity contribution in [1.82, 2.24) is 5.32 Å². The SMILES string of the molecule is CC(=S)CCC(NC(C)(C)C)C(=O)O. The van der Waals surface area contributed by atoms with Crippen LogP contribution >= 0.6 is 12.2 Å². The van der Waals surface area contributed by atoms with Gasteiger partial charge in [0.1, 0.15) is 6.04 Å². The van der Waals surface area contributed by atoms with E-state index in [1.165, 1.54) is 0 Å². The van der Waals surface area contributed by atoms with Crippen LogP contribution in [0, 0.1) is 0 Å². The van der Waals surface area contributed by atoms with E-state index in [4.69, 9.17) is 17.3 Å². The Hall–Kier alpha value is -0.480. The first-order valence-corrected chi connectivity index (χ1v) is 5.13. The third-order valence-electron chi connectivity index (χ3n) is 1.69. The molecule has 0 saturated heterocycles. The monoisotopic (exact) mass is 217 g/mol. The van der Waals surface area contributed by atoms with Crippen LogP contribution in [0.2, 0.25) is 0 Å². The molecule has 0 aromatic carbocycles. The van der Waals surface area contributed by atoms with Crippen LogP contribution in [0.25, 0.3) is 0 Å². The van der Waals surface area contributed by atoms with Crippen LogP contribution < -0.4 is 5.32 Å². The van der Waals surface area contributed by atoms with Gasteiger partial charge in [0.2, 0.25) is 0 Å². The molecule has 0 aliphatic heterocycles. The number of rotatable bonds is 5. The molecule has 1 unspecified atom stereocenters. The van der Waals surface area contributed by atoms with Gasteiger partial charge in [-0.3, -0.25) is 10.1 Å². The van der Waals surface area contributed by atoms with E-state index in [2.05, 4.69) is 5.32 Å². The molecular weight excluding hydrogens is 198 g/mol. The van der Waals surface area contributed by atoms with Crippen molar-refractivity contribution in [3.05, 3.63) is 0 Å². The summed E-state index contributed by atoms with van der Waals surface area (Å²) in [6, 6.07) is -0.507. The second-order valence-corrected chi connectivity index (χ2v) is 5.22. The van der Waals surface area contributed by atoms with Gasteiger partial charge in [-0.1, -0.05) is 12.2 Å². The predicted molar refractivity (Wildman–Crippen MR) is 61.8 cm³/mol. The molecule has 0 aromatic heterocycles. The molecule has 0 saturated carbocycles. The zero-order valence-electron chi connectivity index (χ0n) is 9.26. The van der Waals surface area contributed by atoms with Crippen LogP contribution in [0.15, 0.2) is 0 Å². The van der Waals surface area contributed by atoms with Crippen LogP contribution in [-0.2, 0) is 4.79 Å². The van der Waals surface area contributed by atoms with Crippen LogP contribution in [0.4, 0.5) is 0 Å². The van der Waals surface area contributed by atoms with Gasteiger partial charge in [0.05, 0.1) is 0 Å². The lowest BCUT2D eigenvalue weighted by atomic mass is 10.0. The Labute approximate surface area is 90.9 Å². The van der Waals surface area contributed by atoms with Crippen molar-refractivity contribution in [3.63, 3.8) is 0 Å². The first-order valence-electron chi connectivity index (χ1n) is 4.72. The summed E-state index contributed by atoms with van der Waals surface area (Å²) in [5.41, 5.74) is -0.182. The maximum atomic E-state index is 10.9. The Morgan fingerprint density at radius 2 is 2.00 bits per heavy atom. The average Bonchev–Trinajstić information content (AvgIpc) is 1.94. The van der Waals surface area contributed by atoms with Crippen molar-refractivity contribution >= 4 is 23.1 Å². The highest BCUT2D eigenvalue weighted by Gasteiger charge is 2.22. The number of carbonyl (C=O) groups is 1. The Kier molecular flexibility index (Phi) is 5.23. The number of hydrogen-bond acceptors (Lipinski definition) is 3. The fraction of sp³-hybridized carbons (Fsp3) is 0.800. The molecule has 14 heavy (non-hydrogen) atoms. The van der Waals surface area contributed by atoms with Gasteiger partial charge < -0.3 is 5.11 Å². The molecule has 0 heterocycles. The molecule has 82 valence electrons. The minimum Gasteiger partial charge on any atom is -0.480 e. The zero-order valence-corrected chi connectivity index (χ0v) is 10.1. The molecule has 4 heteroatoms. The Morgan fingerprint density at radius 1 is 1.50 bits per heavy atom. The molecule has 0 amide bonds. The summed E-state index contributed by atoms with van der Waals surface area (Å²) in [4.78, 5) is 11.7. The second kappa shape index (κ2) is 5.41. The van der Waals surface area contributed by atoms with Crippen molar-refractivity contribution in [2.24, 2.45) is 0 Å². The maximum Gasteiger partial charge on any atom is 0.320 e. The van der Waals surface area contributed by atoms with E-state index >= 15 is 0 Å². The third-order valence-corrected chi connectivity index (χ3v) is 1.89. The van der Waals surface area contributed by atoms with Gasteiger partial charge in [0.25, 0.3) is 0 Å². The highest BCUT2D eigenvalue weighted by Crippen LogP contribution is 2.06. The lowest BCUT2D eigenvalue weighted by molar-refractivity contribution is -0.140. The number of carboxylic acids is 1. The number of aliphatic carboxylic acids is 1. The molecule has 1 atom stereocenters. The zero-order chi connectivity index (χ0) is 11.4. The summed E-state index contributed by atoms with van der Waals surface area (Å²) in [6.07, 6.45) is 1.23. The number of carboxylic acid groups (broad SMARTS) is 1. The lowest BCUT2D eigenvalue weighted by Crippen LogP contribution is -2.47. The molecule has 0 radical (unpaired) electrons. The third kappa shape index (κ3) is 6.97. The predicted octanol–water partition coefficient (Wildman–Crippen LogP) is 2.00. The fourth-order valence-corrected chi connectivity index (χ4v) is 1.25. The van der Waals surface area contributed by atoms with Gasteiger partial charge >= 0.3 is 5.97 Å². The molecule has 0 aromatic rings. The lowest BCUT2D eigenvalue weighted by Gasteiger charge is -2.25. The molecule has 3 nitrogen and oxygen atoms in total. The topological polar surface area (TPSA) is 49.3 Å². The maximum absolute atomic E-state index is 10.9. The van der Waals surface area contributed by atoms with E-state index in [-0.39, 0.29) is 5.54 Å². The summed E-state index contributed by atoms with van der Waals surface area (Å²) < 4.78 is 0. The van der Waals surface area contributed by atoms with Crippen molar-refractivity contribution in [2.45, 2.75) is 52.1 Å². The standard InChI is InChI=1S/C10H19NO2S/c1-7(14)5-6-8(9(12)13)11-10(2,3)4/h8,11H,5-6H2,1-4H3,(H,12,13). The van der Waals surface area contributed by atoms with Crippen LogP contribution in [0.3, 0.4) is 0 Å². The summed E-state index contributed by atoms with van der Waals surface area (Å²) in [6.45, 7) is 7.69. The van der Waals surface area contributed by atoms with E-state index in [0.29, 0.717) is 12.8 Å². The highest BCUT2D eigenvalue weighted by molar-refractivity contribution is 7.80. The fourth-order valence-electron chi connectivity index (χ4n) is 1.13. The number of hydrogen-bond donors (Lipinski definition) is 2. The van der Waals surface area contributed by atoms with Crippen LogP contribution in [0.1, 0.15) is 40.5 Å². The van der Waals surface area contributed by atoms with Gasteiger partial charge in [-0.25, -0.2) is 0 Å². The van der Waals surface area contributed by atoms with E-state index < -0.39 is 12.0 Å². The number of thiocarbonyl (C=S) groups is 1. The molecule has 0 aliphatic carbocycles. The highest BCUT2D eigenvalue weighted by atomic mass is 32.1. The minimum absolute atomic E-state index is 0.182. The molecule has 2 N–H and O–H groups in total. The van der Waals surface area contributed by atoms with E-state index in [9.17, 15) is 4.79 Å². The molecule has 0 bridgehead atoms. The summed E-state index contributed by atoms with van der Waals surface area (Å²) in [5, 5.41) is 12.0. The van der Waals surface area contributed by atoms with Crippen LogP contribution in [-0.4, -0.2) is 27.5 Å². The normalized spacial score (nSPS) is 13.7. The average molecular weight is 217 g/mol. The van der Waals surface area contributed by atoms with Crippen molar-refractivity contribution in [3.8, 4) is 0 Å². The Balaban J connectivity index is 4.17. The first-order chi connectivity index (χ1) is 6.22. The van der Waals surface area contributed by atoms with Crippen molar-refractivity contribution < 1.29 is 9.90 Å². The van der Waals surface area contributed by atoms with Crippen molar-refractivity contribution in [1.29, 1.82) is 0 Å². The van der Waals surface area contributed by atoms with E-state index in [1.54, 1.807) is 0 Å². The quantitative estimate of drug-likeness (QED) is 0.692. The van der Waals surface area contributed by atoms with Gasteiger partial charge in [0, 0.05) is 5.54 Å². The summed E-state index contributed by atoms with van der Waals surface area (Å²) >= 11 is 4.92. The molecule has 0 rings (SSSR count). The van der Waals surface area contributed by atoms with Crippen LogP contribution in [0.5, 0.6) is 0 Å². The van der Waals surface area contributed by atoms with Gasteiger partial charge in [-0.15, -0.1) is 0 Å². The molecular formula is C10H19NO2S. The number of nitrogens with one attached hydrogen (secondary N) is 1. The molecule has 0 fully saturated rings. The Bertz CT molecular complexity index is 221. The first kappa shape index (κ1) is 13.5. The minimum atomic E-state index is -0.809. The van der Waals surface area contributed by atoms with Gasteiger partial charge in [-0.05, 0) is 45.4 Å². The largest absolute Gasteiger partial charge is 0.480 e. The molecule has 0 aliphatic rings. The second-order valence-electron chi connectivity index (χ2n) is 4.53. The summed E-state index contributed by atoms with van der Waals surface area (Å²) in [7, 11) is 0. The summed E-state index contributed by atoms with van der Waals surface area (Å²) in [5.74, 6) is -0.809. The van der Waals surface area contributed by atoms with E-state index in [0.717, 1.165) is 4.86 Å².